The van der Waals surface area contributed by atoms with Crippen LogP contribution >= 0.6 is 0 Å². The Morgan fingerprint density at radius 3 is 2.12 bits per heavy atom. The third kappa shape index (κ3) is 6.27. The second-order valence-electron chi connectivity index (χ2n) is 4.38. The maximum absolute atomic E-state index is 11.5. The van der Waals surface area contributed by atoms with Crippen molar-refractivity contribution in [1.82, 2.24) is 10.6 Å². The Bertz CT molecular complexity index is 241. The van der Waals surface area contributed by atoms with Crippen LogP contribution < -0.4 is 10.6 Å². The van der Waals surface area contributed by atoms with Crippen LogP contribution in [0.3, 0.4) is 0 Å². The second kappa shape index (κ2) is 7.09. The number of rotatable bonds is 6. The quantitative estimate of drug-likeness (QED) is 0.648. The molecule has 2 unspecified atom stereocenters. The molecule has 5 heteroatoms. The van der Waals surface area contributed by atoms with Crippen molar-refractivity contribution in [3.63, 3.8) is 0 Å². The molecule has 0 radical (unpaired) electrons. The Balaban J connectivity index is 4.01. The summed E-state index contributed by atoms with van der Waals surface area (Å²) in [5, 5.41) is 14.0. The van der Waals surface area contributed by atoms with E-state index in [1.54, 1.807) is 6.92 Å². The van der Waals surface area contributed by atoms with E-state index in [0.29, 0.717) is 5.92 Å². The summed E-state index contributed by atoms with van der Waals surface area (Å²) in [6.45, 7) is 7.75. The summed E-state index contributed by atoms with van der Waals surface area (Å²) in [5.41, 5.74) is 0. The monoisotopic (exact) mass is 230 g/mol. The lowest BCUT2D eigenvalue weighted by Gasteiger charge is -2.22. The lowest BCUT2D eigenvalue weighted by molar-refractivity contribution is -0.137. The summed E-state index contributed by atoms with van der Waals surface area (Å²) in [6, 6.07) is -0.534. The summed E-state index contributed by atoms with van der Waals surface area (Å²) in [5.74, 6) is -0.547. The van der Waals surface area contributed by atoms with Gasteiger partial charge in [-0.25, -0.2) is 4.79 Å². The topological polar surface area (TPSA) is 78.4 Å². The van der Waals surface area contributed by atoms with E-state index in [4.69, 9.17) is 5.11 Å². The van der Waals surface area contributed by atoms with Crippen molar-refractivity contribution < 1.29 is 14.7 Å². The van der Waals surface area contributed by atoms with Crippen molar-refractivity contribution in [2.45, 2.75) is 52.6 Å². The van der Waals surface area contributed by atoms with E-state index in [2.05, 4.69) is 10.6 Å². The van der Waals surface area contributed by atoms with Gasteiger partial charge in [-0.1, -0.05) is 20.8 Å². The van der Waals surface area contributed by atoms with Crippen LogP contribution in [-0.2, 0) is 4.79 Å². The minimum atomic E-state index is -0.913. The van der Waals surface area contributed by atoms with Gasteiger partial charge in [0.15, 0.2) is 0 Å². The zero-order valence-corrected chi connectivity index (χ0v) is 10.4. The number of nitrogens with one attached hydrogen (secondary N) is 2. The van der Waals surface area contributed by atoms with E-state index < -0.39 is 5.97 Å². The lowest BCUT2D eigenvalue weighted by Crippen LogP contribution is -2.47. The molecule has 0 aliphatic heterocycles. The van der Waals surface area contributed by atoms with Crippen LogP contribution in [0.4, 0.5) is 4.79 Å². The van der Waals surface area contributed by atoms with Gasteiger partial charge < -0.3 is 15.7 Å². The molecule has 94 valence electrons. The smallest absolute Gasteiger partial charge is 0.315 e. The molecule has 0 aromatic carbocycles. The van der Waals surface area contributed by atoms with Crippen LogP contribution in [-0.4, -0.2) is 29.2 Å². The van der Waals surface area contributed by atoms with Gasteiger partial charge in [0.1, 0.15) is 0 Å². The maximum Gasteiger partial charge on any atom is 0.315 e. The van der Waals surface area contributed by atoms with Crippen LogP contribution in [0.1, 0.15) is 40.5 Å². The van der Waals surface area contributed by atoms with E-state index in [1.165, 1.54) is 0 Å². The highest BCUT2D eigenvalue weighted by molar-refractivity contribution is 5.75. The summed E-state index contributed by atoms with van der Waals surface area (Å²) >= 11 is 0. The molecule has 0 saturated carbocycles. The van der Waals surface area contributed by atoms with Gasteiger partial charge in [-0.15, -0.1) is 0 Å². The minimum Gasteiger partial charge on any atom is -0.481 e. The number of hydrogen-bond donors (Lipinski definition) is 3. The lowest BCUT2D eigenvalue weighted by atomic mass is 10.0. The van der Waals surface area contributed by atoms with Crippen LogP contribution in [0.15, 0.2) is 0 Å². The predicted octanol–water partition coefficient (Wildman–Crippen LogP) is 1.58. The first kappa shape index (κ1) is 14.7. The van der Waals surface area contributed by atoms with Crippen LogP contribution in [0.25, 0.3) is 0 Å². The standard InChI is InChI=1S/C11H22N2O3/c1-5-9(7(2)3)13-11(16)12-8(4)6-10(14)15/h7-9H,5-6H2,1-4H3,(H,14,15)(H2,12,13,16). The van der Waals surface area contributed by atoms with Gasteiger partial charge in [0, 0.05) is 12.1 Å². The molecule has 0 spiro atoms. The molecule has 0 aliphatic carbocycles. The number of aliphatic carboxylic acids is 1. The highest BCUT2D eigenvalue weighted by Gasteiger charge is 2.16. The molecule has 0 bridgehead atoms. The first-order valence-electron chi connectivity index (χ1n) is 5.65. The number of carbonyl (C=O) groups excluding carboxylic acids is 1. The average Bonchev–Trinajstić information content (AvgIpc) is 2.11. The van der Waals surface area contributed by atoms with Crippen molar-refractivity contribution in [2.75, 3.05) is 0 Å². The van der Waals surface area contributed by atoms with Crippen molar-refractivity contribution in [1.29, 1.82) is 0 Å². The molecule has 0 heterocycles. The summed E-state index contributed by atoms with van der Waals surface area (Å²) in [4.78, 5) is 21.9. The summed E-state index contributed by atoms with van der Waals surface area (Å²) < 4.78 is 0. The van der Waals surface area contributed by atoms with Gasteiger partial charge in [-0.3, -0.25) is 4.79 Å². The largest absolute Gasteiger partial charge is 0.481 e. The zero-order valence-electron chi connectivity index (χ0n) is 10.4. The summed E-state index contributed by atoms with van der Waals surface area (Å²) in [7, 11) is 0. The van der Waals surface area contributed by atoms with E-state index in [1.807, 2.05) is 20.8 Å². The van der Waals surface area contributed by atoms with E-state index >= 15 is 0 Å². The van der Waals surface area contributed by atoms with E-state index in [-0.39, 0.29) is 24.5 Å². The Labute approximate surface area is 96.6 Å². The van der Waals surface area contributed by atoms with E-state index in [9.17, 15) is 9.59 Å². The number of carboxylic acids is 1. The van der Waals surface area contributed by atoms with Gasteiger partial charge >= 0.3 is 12.0 Å². The molecule has 16 heavy (non-hydrogen) atoms. The zero-order chi connectivity index (χ0) is 12.7. The molecular formula is C11H22N2O3. The molecule has 0 rings (SSSR count). The molecule has 3 N–H and O–H groups in total. The average molecular weight is 230 g/mol. The van der Waals surface area contributed by atoms with Crippen LogP contribution in [0.5, 0.6) is 0 Å². The Morgan fingerprint density at radius 2 is 1.75 bits per heavy atom. The normalized spacial score (nSPS) is 14.3. The maximum atomic E-state index is 11.5. The van der Waals surface area contributed by atoms with Crippen molar-refractivity contribution in [3.8, 4) is 0 Å². The Kier molecular flexibility index (Phi) is 6.53. The van der Waals surface area contributed by atoms with Crippen molar-refractivity contribution >= 4 is 12.0 Å². The second-order valence-corrected chi connectivity index (χ2v) is 4.38. The minimum absolute atomic E-state index is 0.0636. The van der Waals surface area contributed by atoms with Crippen molar-refractivity contribution in [2.24, 2.45) is 5.92 Å². The Morgan fingerprint density at radius 1 is 1.19 bits per heavy atom. The number of carbonyl (C=O) groups is 2. The molecule has 0 aromatic heterocycles. The van der Waals surface area contributed by atoms with Gasteiger partial charge in [-0.2, -0.15) is 0 Å². The van der Waals surface area contributed by atoms with Crippen molar-refractivity contribution in [3.05, 3.63) is 0 Å². The Hall–Kier alpha value is -1.26. The first-order chi connectivity index (χ1) is 7.36. The first-order valence-corrected chi connectivity index (χ1v) is 5.65. The highest BCUT2D eigenvalue weighted by Crippen LogP contribution is 2.04. The number of amides is 2. The molecule has 0 aromatic rings. The third-order valence-electron chi connectivity index (χ3n) is 2.42. The molecule has 2 amide bonds. The molecule has 0 aliphatic rings. The SMILES string of the molecule is CCC(NC(=O)NC(C)CC(=O)O)C(C)C. The fourth-order valence-electron chi connectivity index (χ4n) is 1.49. The van der Waals surface area contributed by atoms with Gasteiger partial charge in [-0.05, 0) is 19.3 Å². The van der Waals surface area contributed by atoms with Gasteiger partial charge in [0.2, 0.25) is 0 Å². The fraction of sp³-hybridized carbons (Fsp3) is 0.818. The molecule has 0 saturated heterocycles. The molecule has 2 atom stereocenters. The molecular weight excluding hydrogens is 208 g/mol. The van der Waals surface area contributed by atoms with E-state index in [0.717, 1.165) is 6.42 Å². The molecule has 5 nitrogen and oxygen atoms in total. The molecule has 0 fully saturated rings. The fourth-order valence-corrected chi connectivity index (χ4v) is 1.49. The predicted molar refractivity (Wildman–Crippen MR) is 62.3 cm³/mol. The highest BCUT2D eigenvalue weighted by atomic mass is 16.4. The van der Waals surface area contributed by atoms with Gasteiger partial charge in [0.25, 0.3) is 0 Å². The number of carboxylic acid groups (broad SMARTS) is 1. The third-order valence-corrected chi connectivity index (χ3v) is 2.42. The number of urea groups is 1. The summed E-state index contributed by atoms with van der Waals surface area (Å²) in [6.07, 6.45) is 0.796. The van der Waals surface area contributed by atoms with Gasteiger partial charge in [0.05, 0.1) is 6.42 Å². The number of hydrogen-bond acceptors (Lipinski definition) is 2. The van der Waals surface area contributed by atoms with Crippen LogP contribution in [0.2, 0.25) is 0 Å². The van der Waals surface area contributed by atoms with Crippen LogP contribution in [0, 0.1) is 5.92 Å².